The van der Waals surface area contributed by atoms with Crippen LogP contribution in [0.5, 0.6) is 0 Å². The van der Waals surface area contributed by atoms with E-state index in [2.05, 4.69) is 240 Å². The fourth-order valence-electron chi connectivity index (χ4n) is 15.3. The predicted octanol–water partition coefficient (Wildman–Crippen LogP) is 16.7. The quantitative estimate of drug-likeness (QED) is 0.00767. The highest BCUT2D eigenvalue weighted by molar-refractivity contribution is 8.14. The molecular weight excluding hydrogens is 2000 g/mol. The molecule has 2 saturated carbocycles. The van der Waals surface area contributed by atoms with Crippen LogP contribution >= 0.6 is 0 Å². The second-order valence-electron chi connectivity index (χ2n) is 32.5. The van der Waals surface area contributed by atoms with Gasteiger partial charge in [-0.3, -0.25) is 29.1 Å². The fourth-order valence-corrected chi connectivity index (χ4v) is 27.9. The molecule has 9 aromatic rings. The maximum absolute atomic E-state index is 13.5. The minimum Gasteiger partial charge on any atom is -0.743 e. The van der Waals surface area contributed by atoms with Gasteiger partial charge in [0, 0.05) is 45.0 Å². The molecule has 5 unspecified atom stereocenters. The maximum Gasteiger partial charge on any atom is 0.396 e. The van der Waals surface area contributed by atoms with Crippen molar-refractivity contribution in [3.63, 3.8) is 0 Å². The topological polar surface area (TPSA) is 353 Å². The molecule has 45 heteroatoms. The number of hydrogen-bond donors (Lipinski definition) is 0. The Morgan fingerprint density at radius 1 is 0.540 bits per heavy atom. The van der Waals surface area contributed by atoms with E-state index in [9.17, 15) is 114 Å². The van der Waals surface area contributed by atoms with Crippen molar-refractivity contribution in [2.75, 3.05) is 105 Å². The van der Waals surface area contributed by atoms with Crippen LogP contribution < -0.4 is 0 Å². The molecule has 6 fully saturated rings. The van der Waals surface area contributed by atoms with Gasteiger partial charge in [0.25, 0.3) is 0 Å². The lowest BCUT2D eigenvalue weighted by atomic mass is 9.84. The van der Waals surface area contributed by atoms with Gasteiger partial charge in [0.1, 0.15) is 23.7 Å². The summed E-state index contributed by atoms with van der Waals surface area (Å²) in [5, 5.41) is -7.78. The van der Waals surface area contributed by atoms with Crippen molar-refractivity contribution in [3.05, 3.63) is 280 Å². The van der Waals surface area contributed by atoms with E-state index in [-0.39, 0.29) is 88.2 Å². The van der Waals surface area contributed by atoms with Gasteiger partial charge in [0.15, 0.2) is 74.2 Å². The van der Waals surface area contributed by atoms with E-state index in [0.717, 1.165) is 50.9 Å². The molecule has 6 aliphatic rings. The van der Waals surface area contributed by atoms with Gasteiger partial charge in [-0.05, 0) is 191 Å². The summed E-state index contributed by atoms with van der Waals surface area (Å²) in [5.74, 6) is -22.6. The molecule has 0 spiro atoms. The Hall–Kier alpha value is -9.48. The van der Waals surface area contributed by atoms with Gasteiger partial charge >= 0.3 is 51.4 Å². The Morgan fingerprint density at radius 2 is 0.921 bits per heavy atom. The van der Waals surface area contributed by atoms with Crippen LogP contribution in [-0.2, 0) is 134 Å². The number of rotatable bonds is 30. The summed E-state index contributed by atoms with van der Waals surface area (Å²) >= 11 is 0. The van der Waals surface area contributed by atoms with Crippen LogP contribution in [0.1, 0.15) is 68.2 Å². The molecule has 9 aromatic carbocycles. The standard InChI is InChI=1S/C28H32NO3S.C26H28NO3S.C25H25N2O2S.C9H12F4O3S.2C3H2F4NO4S2/c1-29(27-18-22-32-28(27)30)19-8-20-31-21-17-23-13-15-26(16-14-23)33(24-9-4-2-5-10-24)25-11-6-3-7-12-25;28-26(21-27-16-19-29-20-17-27)30-18-15-22-11-13-25(14-12-22)31(23-7-3-1-4-8-23)24-9-5-2-6-10-24;1-20(29-25(28)19-27(2)18-17-26)21-13-15-24(16-14-21)30(22-9-5-3-6-10-22)23-11-7-4-8-12-23;10-8(11,9(12,13)17(14,15)16)7-4-5-1-2-6(7)3-5;2*4-2(5)1-13(9,10)8-14(11,12)3(2,6)7/h2-7,9-16,27H,8,17-22H2,1H3;1-14H,15-21H2;3-16,20H,18-19H2,1-2H3;5-7H,1-4H2,(H,14,15,16);2*1H2/q3*+1;;2*-1/p-1. The molecule has 0 aromatic heterocycles. The smallest absolute Gasteiger partial charge is 0.396 e. The van der Waals surface area contributed by atoms with Crippen LogP contribution in [0, 0.1) is 29.1 Å². The third-order valence-corrected chi connectivity index (χ3v) is 36.6. The summed E-state index contributed by atoms with van der Waals surface area (Å²) in [5.41, 5.74) is 3.40. The van der Waals surface area contributed by atoms with Gasteiger partial charge in [0.2, 0.25) is 0 Å². The molecule has 0 amide bonds. The lowest BCUT2D eigenvalue weighted by molar-refractivity contribution is -0.202. The number of ether oxygens (including phenoxy) is 5. The molecule has 0 N–H and O–H groups in total. The Balaban J connectivity index is 0.000000178. The van der Waals surface area contributed by atoms with Crippen LogP contribution in [0.3, 0.4) is 0 Å². The van der Waals surface area contributed by atoms with Crippen LogP contribution in [0.4, 0.5) is 52.7 Å². The highest BCUT2D eigenvalue weighted by Crippen LogP contribution is 2.58. The number of hydrogen-bond acceptors (Lipinski definition) is 23. The van der Waals surface area contributed by atoms with E-state index < -0.39 is 107 Å². The van der Waals surface area contributed by atoms with Crippen molar-refractivity contribution >= 4 is 101 Å². The fraction of sp³-hybridized carbons (Fsp3) is 0.383. The average Bonchev–Trinajstić information content (AvgIpc) is 1.38. The van der Waals surface area contributed by atoms with Crippen LogP contribution in [0.25, 0.3) is 8.25 Å². The highest BCUT2D eigenvalue weighted by Gasteiger charge is 2.70. The van der Waals surface area contributed by atoms with Crippen LogP contribution in [-0.4, -0.2) is 223 Å². The molecule has 2 aliphatic carbocycles. The van der Waals surface area contributed by atoms with Gasteiger partial charge in [-0.15, -0.1) is 0 Å². The molecule has 5 atom stereocenters. The number of cyclic esters (lactones) is 1. The molecule has 4 heterocycles. The summed E-state index contributed by atoms with van der Waals surface area (Å²) in [6.07, 6.45) is 4.40. The van der Waals surface area contributed by atoms with Crippen molar-refractivity contribution in [2.24, 2.45) is 17.8 Å². The van der Waals surface area contributed by atoms with Gasteiger partial charge < -0.3 is 36.5 Å². The van der Waals surface area contributed by atoms with Gasteiger partial charge in [0.05, 0.1) is 111 Å². The minimum atomic E-state index is -6.35. The second kappa shape index (κ2) is 49.0. The maximum atomic E-state index is 13.5. The Kier molecular flexibility index (Phi) is 39.3. The lowest BCUT2D eigenvalue weighted by Crippen LogP contribution is -2.54. The molecular formula is C94H100F12N6O19S8. The first kappa shape index (κ1) is 111. The number of esters is 3. The van der Waals surface area contributed by atoms with E-state index >= 15 is 0 Å². The van der Waals surface area contributed by atoms with Gasteiger partial charge in [-0.1, -0.05) is 152 Å². The SMILES string of the molecule is CC(OC(=O)CN(C)CC#N)c1ccc([S+](c2ccccc2)c2ccccc2)cc1.CN(CCCOCCc1ccc([S+](c2ccccc2)c2ccccc2)cc1)C1CCOC1=O.O=C(CN1CCOCC1)OCCc1ccc([S+](c2ccccc2)c2ccccc2)cc1.O=S(=O)([O-])C(F)(F)C(F)(F)C1CC2CCC1C2.O=S1(=O)CC(F)(F)C(F)(F)S(=O)(=O)[N-]1.O=S1(=O)CC(F)(F)C(F)(F)S(=O)(=O)[N-]1. The number of carbonyl (C=O) groups excluding carboxylic acids is 3. The van der Waals surface area contributed by atoms with E-state index in [0.29, 0.717) is 65.4 Å². The molecule has 0 radical (unpaired) electrons. The van der Waals surface area contributed by atoms with Crippen molar-refractivity contribution in [2.45, 2.75) is 148 Å². The first-order valence-electron chi connectivity index (χ1n) is 43.1. The number of halogens is 12. The Morgan fingerprint density at radius 3 is 1.27 bits per heavy atom. The van der Waals surface area contributed by atoms with E-state index in [1.54, 1.807) is 20.2 Å². The minimum absolute atomic E-state index is 0.0407. The van der Waals surface area contributed by atoms with E-state index in [4.69, 9.17) is 28.9 Å². The Bertz CT molecular complexity index is 5960. The van der Waals surface area contributed by atoms with Crippen LogP contribution in [0.15, 0.2) is 299 Å². The van der Waals surface area contributed by atoms with E-state index in [1.807, 2.05) is 44.3 Å². The summed E-state index contributed by atoms with van der Waals surface area (Å²) in [6.45, 7) is 8.67. The average molecular weight is 2100 g/mol. The Labute approximate surface area is 808 Å². The number of alkyl halides is 12. The molecule has 2 bridgehead atoms. The van der Waals surface area contributed by atoms with Crippen molar-refractivity contribution in [3.8, 4) is 6.07 Å². The third kappa shape index (κ3) is 30.1. The molecule has 25 nitrogen and oxygen atoms in total. The number of carbonyl (C=O) groups is 3. The largest absolute Gasteiger partial charge is 0.743 e. The van der Waals surface area contributed by atoms with Gasteiger partial charge in [-0.2, -0.15) is 57.9 Å². The first-order valence-corrected chi connectivity index (χ1v) is 54.3. The second-order valence-corrected chi connectivity index (χ2v) is 47.0. The zero-order valence-corrected chi connectivity index (χ0v) is 81.5. The lowest BCUT2D eigenvalue weighted by Gasteiger charge is -2.37. The molecule has 752 valence electrons. The number of fused-ring (bicyclic) bond motifs is 2. The first-order chi connectivity index (χ1) is 65.5. The summed E-state index contributed by atoms with van der Waals surface area (Å²) < 4.78 is 297. The van der Waals surface area contributed by atoms with Crippen molar-refractivity contribution in [1.82, 2.24) is 14.7 Å². The number of likely N-dealkylation sites (N-methyl/N-ethyl adjacent to an activating group) is 2. The van der Waals surface area contributed by atoms with Crippen molar-refractivity contribution < 1.29 is 137 Å². The number of sulfonamides is 4. The summed E-state index contributed by atoms with van der Waals surface area (Å²) in [4.78, 5) is 53.2. The van der Waals surface area contributed by atoms with Gasteiger partial charge in [-0.25, -0.2) is 42.1 Å². The molecule has 4 aliphatic heterocycles. The zero-order chi connectivity index (χ0) is 101. The number of morpholine rings is 1. The highest BCUT2D eigenvalue weighted by atomic mass is 32.3. The molecule has 4 saturated heterocycles. The zero-order valence-electron chi connectivity index (χ0n) is 74.9. The number of benzene rings is 9. The molecule has 139 heavy (non-hydrogen) atoms. The predicted molar refractivity (Wildman–Crippen MR) is 496 cm³/mol. The summed E-state index contributed by atoms with van der Waals surface area (Å²) in [6, 6.07) is 91.6. The monoisotopic (exact) mass is 2100 g/mol. The molecule has 15 rings (SSSR count). The van der Waals surface area contributed by atoms with Crippen LogP contribution in [0.2, 0.25) is 0 Å². The summed E-state index contributed by atoms with van der Waals surface area (Å²) in [7, 11) is -25.3. The van der Waals surface area contributed by atoms with E-state index in [1.165, 1.54) is 55.2 Å². The normalized spacial score (nSPS) is 20.2. The number of nitrogens with zero attached hydrogens (tertiary/aromatic N) is 6. The number of nitriles is 1. The third-order valence-electron chi connectivity index (χ3n) is 22.3. The van der Waals surface area contributed by atoms with Crippen molar-refractivity contribution in [1.29, 1.82) is 5.26 Å².